The molecule has 0 heterocycles. The molecule has 180 valence electrons. The molecule has 3 N–H and O–H groups in total. The standard InChI is InChI=1S/C27H32N2O5/c1-17(2)14-23(25(32)29-27(12-7-13-27)15-24(30)31)28-26(33)34-16-22-20-10-5-3-8-18(20)19-9-4-6-11-21(19)22/h3-6,8-11,17,22-23H,7,12-16H2,1-2H3,(H,28,33)(H,29,32)(H,30,31)/t23-/m0/s1. The normalized spacial score (nSPS) is 16.7. The summed E-state index contributed by atoms with van der Waals surface area (Å²) in [5.74, 6) is -1.21. The predicted octanol–water partition coefficient (Wildman–Crippen LogP) is 4.45. The van der Waals surface area contributed by atoms with Gasteiger partial charge in [-0.25, -0.2) is 4.79 Å². The smallest absolute Gasteiger partial charge is 0.407 e. The second-order valence-corrected chi connectivity index (χ2v) is 9.85. The first-order chi connectivity index (χ1) is 16.3. The molecule has 0 aliphatic heterocycles. The Balaban J connectivity index is 1.41. The fourth-order valence-corrected chi connectivity index (χ4v) is 5.07. The van der Waals surface area contributed by atoms with E-state index in [-0.39, 0.29) is 30.8 Å². The van der Waals surface area contributed by atoms with Gasteiger partial charge < -0.3 is 20.5 Å². The summed E-state index contributed by atoms with van der Waals surface area (Å²) in [4.78, 5) is 37.0. The van der Waals surface area contributed by atoms with Crippen LogP contribution in [-0.2, 0) is 14.3 Å². The molecule has 2 aromatic rings. The number of aliphatic carboxylic acids is 1. The lowest BCUT2D eigenvalue weighted by atomic mass is 9.74. The summed E-state index contributed by atoms with van der Waals surface area (Å²) in [6.07, 6.45) is 1.80. The molecule has 2 amide bonds. The highest BCUT2D eigenvalue weighted by molar-refractivity contribution is 5.87. The number of alkyl carbamates (subject to hydrolysis) is 1. The van der Waals surface area contributed by atoms with Crippen LogP contribution in [-0.4, -0.2) is 41.3 Å². The van der Waals surface area contributed by atoms with E-state index in [1.54, 1.807) is 0 Å². The summed E-state index contributed by atoms with van der Waals surface area (Å²) in [5, 5.41) is 14.9. The van der Waals surface area contributed by atoms with Gasteiger partial charge in [0.15, 0.2) is 0 Å². The van der Waals surface area contributed by atoms with E-state index in [1.807, 2.05) is 38.1 Å². The maximum atomic E-state index is 13.0. The van der Waals surface area contributed by atoms with Crippen molar-refractivity contribution in [2.75, 3.05) is 6.61 Å². The number of hydrogen-bond acceptors (Lipinski definition) is 4. The van der Waals surface area contributed by atoms with Crippen LogP contribution >= 0.6 is 0 Å². The van der Waals surface area contributed by atoms with Gasteiger partial charge in [0.25, 0.3) is 0 Å². The Hall–Kier alpha value is -3.35. The number of carbonyl (C=O) groups is 3. The molecule has 4 rings (SSSR count). The largest absolute Gasteiger partial charge is 0.481 e. The van der Waals surface area contributed by atoms with Crippen molar-refractivity contribution in [2.45, 2.75) is 63.5 Å². The SMILES string of the molecule is CC(C)C[C@H](NC(=O)OCC1c2ccccc2-c2ccccc21)C(=O)NC1(CC(=O)O)CCC1. The second-order valence-electron chi connectivity index (χ2n) is 9.85. The Morgan fingerprint density at radius 1 is 1.03 bits per heavy atom. The number of nitrogens with one attached hydrogen (secondary N) is 2. The number of carboxylic acids is 1. The van der Waals surface area contributed by atoms with Crippen molar-refractivity contribution in [3.63, 3.8) is 0 Å². The lowest BCUT2D eigenvalue weighted by Gasteiger charge is -2.42. The minimum absolute atomic E-state index is 0.0654. The van der Waals surface area contributed by atoms with E-state index in [1.165, 1.54) is 0 Å². The fourth-order valence-electron chi connectivity index (χ4n) is 5.07. The van der Waals surface area contributed by atoms with Gasteiger partial charge in [-0.15, -0.1) is 0 Å². The van der Waals surface area contributed by atoms with Gasteiger partial charge >= 0.3 is 12.1 Å². The van der Waals surface area contributed by atoms with Crippen molar-refractivity contribution >= 4 is 18.0 Å². The highest BCUT2D eigenvalue weighted by Gasteiger charge is 2.42. The van der Waals surface area contributed by atoms with Crippen molar-refractivity contribution in [2.24, 2.45) is 5.92 Å². The summed E-state index contributed by atoms with van der Waals surface area (Å²) in [5.41, 5.74) is 3.81. The van der Waals surface area contributed by atoms with Gasteiger partial charge in [0.05, 0.1) is 12.0 Å². The van der Waals surface area contributed by atoms with Crippen LogP contribution in [0.4, 0.5) is 4.79 Å². The number of carbonyl (C=O) groups excluding carboxylic acids is 2. The first kappa shape index (κ1) is 23.8. The van der Waals surface area contributed by atoms with Gasteiger partial charge in [0.2, 0.25) is 5.91 Å². The van der Waals surface area contributed by atoms with Gasteiger partial charge in [-0.1, -0.05) is 62.4 Å². The first-order valence-corrected chi connectivity index (χ1v) is 11.9. The molecule has 0 unspecified atom stereocenters. The van der Waals surface area contributed by atoms with E-state index in [0.717, 1.165) is 28.7 Å². The zero-order valence-electron chi connectivity index (χ0n) is 19.7. The minimum atomic E-state index is -0.940. The van der Waals surface area contributed by atoms with Crippen molar-refractivity contribution < 1.29 is 24.2 Å². The van der Waals surface area contributed by atoms with Gasteiger partial charge in [-0.2, -0.15) is 0 Å². The van der Waals surface area contributed by atoms with E-state index in [0.29, 0.717) is 19.3 Å². The molecule has 1 fully saturated rings. The molecule has 34 heavy (non-hydrogen) atoms. The summed E-state index contributed by atoms with van der Waals surface area (Å²) in [6, 6.07) is 15.4. The van der Waals surface area contributed by atoms with Crippen LogP contribution in [0.1, 0.15) is 63.0 Å². The number of hydrogen-bond donors (Lipinski definition) is 3. The Kier molecular flexibility index (Phi) is 6.91. The van der Waals surface area contributed by atoms with E-state index in [9.17, 15) is 19.5 Å². The quantitative estimate of drug-likeness (QED) is 0.508. The molecule has 0 spiro atoms. The number of rotatable bonds is 9. The number of benzene rings is 2. The zero-order valence-corrected chi connectivity index (χ0v) is 19.7. The molecule has 0 aromatic heterocycles. The molecule has 2 aliphatic carbocycles. The van der Waals surface area contributed by atoms with Crippen LogP contribution in [0.2, 0.25) is 0 Å². The summed E-state index contributed by atoms with van der Waals surface area (Å²) < 4.78 is 5.61. The molecular formula is C27H32N2O5. The van der Waals surface area contributed by atoms with Crippen LogP contribution in [0.5, 0.6) is 0 Å². The van der Waals surface area contributed by atoms with E-state index >= 15 is 0 Å². The van der Waals surface area contributed by atoms with Crippen molar-refractivity contribution in [3.05, 3.63) is 59.7 Å². The van der Waals surface area contributed by atoms with E-state index in [4.69, 9.17) is 4.74 Å². The van der Waals surface area contributed by atoms with Crippen LogP contribution in [0, 0.1) is 5.92 Å². The van der Waals surface area contributed by atoms with Crippen LogP contribution in [0.3, 0.4) is 0 Å². The van der Waals surface area contributed by atoms with E-state index in [2.05, 4.69) is 34.9 Å². The molecular weight excluding hydrogens is 432 g/mol. The monoisotopic (exact) mass is 464 g/mol. The highest BCUT2D eigenvalue weighted by Crippen LogP contribution is 2.44. The fraction of sp³-hybridized carbons (Fsp3) is 0.444. The maximum Gasteiger partial charge on any atom is 0.407 e. The lowest BCUT2D eigenvalue weighted by molar-refractivity contribution is -0.140. The number of carboxylic acid groups (broad SMARTS) is 1. The molecule has 2 aromatic carbocycles. The number of ether oxygens (including phenoxy) is 1. The first-order valence-electron chi connectivity index (χ1n) is 11.9. The molecule has 1 saturated carbocycles. The molecule has 0 radical (unpaired) electrons. The van der Waals surface area contributed by atoms with Crippen molar-refractivity contribution in [1.29, 1.82) is 0 Å². The molecule has 0 bridgehead atoms. The Morgan fingerprint density at radius 3 is 2.12 bits per heavy atom. The Labute approximate surface area is 199 Å². The number of fused-ring (bicyclic) bond motifs is 3. The minimum Gasteiger partial charge on any atom is -0.481 e. The third-order valence-corrected chi connectivity index (χ3v) is 6.85. The Morgan fingerprint density at radius 2 is 1.62 bits per heavy atom. The van der Waals surface area contributed by atoms with Crippen LogP contribution in [0.25, 0.3) is 11.1 Å². The summed E-state index contributed by atoms with van der Waals surface area (Å²) >= 11 is 0. The third kappa shape index (κ3) is 5.08. The van der Waals surface area contributed by atoms with Gasteiger partial charge in [0, 0.05) is 5.92 Å². The van der Waals surface area contributed by atoms with Crippen molar-refractivity contribution in [3.8, 4) is 11.1 Å². The molecule has 7 nitrogen and oxygen atoms in total. The van der Waals surface area contributed by atoms with Gasteiger partial charge in [0.1, 0.15) is 12.6 Å². The number of amides is 2. The third-order valence-electron chi connectivity index (χ3n) is 6.85. The van der Waals surface area contributed by atoms with Crippen LogP contribution in [0.15, 0.2) is 48.5 Å². The molecule has 1 atom stereocenters. The Bertz CT molecular complexity index is 1030. The highest BCUT2D eigenvalue weighted by atomic mass is 16.5. The molecule has 2 aliphatic rings. The average Bonchev–Trinajstić information content (AvgIpc) is 3.09. The van der Waals surface area contributed by atoms with Crippen molar-refractivity contribution in [1.82, 2.24) is 10.6 Å². The van der Waals surface area contributed by atoms with Gasteiger partial charge in [-0.05, 0) is 53.9 Å². The predicted molar refractivity (Wildman–Crippen MR) is 128 cm³/mol. The van der Waals surface area contributed by atoms with Crippen LogP contribution < -0.4 is 10.6 Å². The molecule has 0 saturated heterocycles. The topological polar surface area (TPSA) is 105 Å². The zero-order chi connectivity index (χ0) is 24.3. The van der Waals surface area contributed by atoms with E-state index < -0.39 is 23.6 Å². The summed E-state index contributed by atoms with van der Waals surface area (Å²) in [7, 11) is 0. The second kappa shape index (κ2) is 9.87. The van der Waals surface area contributed by atoms with Gasteiger partial charge in [-0.3, -0.25) is 9.59 Å². The average molecular weight is 465 g/mol. The lowest BCUT2D eigenvalue weighted by Crippen LogP contribution is -2.59. The summed E-state index contributed by atoms with van der Waals surface area (Å²) in [6.45, 7) is 4.10. The maximum absolute atomic E-state index is 13.0. The molecule has 7 heteroatoms.